The Morgan fingerprint density at radius 2 is 1.79 bits per heavy atom. The van der Waals surface area contributed by atoms with Crippen molar-refractivity contribution in [2.75, 3.05) is 39.6 Å². The minimum atomic E-state index is 0.000658. The molecule has 7 nitrogen and oxygen atoms in total. The van der Waals surface area contributed by atoms with Crippen LogP contribution in [0.5, 0.6) is 17.2 Å². The molecule has 1 saturated heterocycles. The van der Waals surface area contributed by atoms with Crippen LogP contribution >= 0.6 is 0 Å². The molecule has 0 radical (unpaired) electrons. The molecule has 3 heterocycles. The van der Waals surface area contributed by atoms with Gasteiger partial charge >= 0.3 is 6.03 Å². The summed E-state index contributed by atoms with van der Waals surface area (Å²) in [6.45, 7) is 4.81. The summed E-state index contributed by atoms with van der Waals surface area (Å²) in [5, 5.41) is 3.14. The van der Waals surface area contributed by atoms with Crippen molar-refractivity contribution in [3.05, 3.63) is 53.6 Å². The summed E-state index contributed by atoms with van der Waals surface area (Å²) < 4.78 is 16.6. The molecular weight excluding hydrogens is 370 g/mol. The maximum Gasteiger partial charge on any atom is 0.317 e. The number of para-hydroxylation sites is 1. The lowest BCUT2D eigenvalue weighted by Gasteiger charge is -2.36. The van der Waals surface area contributed by atoms with Crippen molar-refractivity contribution in [3.63, 3.8) is 0 Å². The fourth-order valence-corrected chi connectivity index (χ4v) is 4.09. The Kier molecular flexibility index (Phi) is 4.89. The Labute approximate surface area is 170 Å². The van der Waals surface area contributed by atoms with E-state index < -0.39 is 0 Å². The molecule has 2 amide bonds. The van der Waals surface area contributed by atoms with Gasteiger partial charge in [-0.05, 0) is 35.7 Å². The van der Waals surface area contributed by atoms with Crippen LogP contribution in [0.4, 0.5) is 4.79 Å². The van der Waals surface area contributed by atoms with E-state index in [0.717, 1.165) is 62.0 Å². The SMILES string of the molecule is O=C(N[C@@H]1COc2ccccc2C1)N1CCN(Cc2ccc3c(c2)OCO3)CC1. The second kappa shape index (κ2) is 7.83. The zero-order chi connectivity index (χ0) is 19.6. The van der Waals surface area contributed by atoms with Gasteiger partial charge in [0.2, 0.25) is 6.79 Å². The number of rotatable bonds is 3. The smallest absolute Gasteiger partial charge is 0.317 e. The van der Waals surface area contributed by atoms with Gasteiger partial charge in [0.05, 0.1) is 6.04 Å². The van der Waals surface area contributed by atoms with Crippen molar-refractivity contribution in [1.29, 1.82) is 0 Å². The molecule has 3 aliphatic heterocycles. The lowest BCUT2D eigenvalue weighted by atomic mass is 10.0. The first kappa shape index (κ1) is 18.1. The van der Waals surface area contributed by atoms with Crippen molar-refractivity contribution >= 4 is 6.03 Å². The van der Waals surface area contributed by atoms with E-state index in [2.05, 4.69) is 22.3 Å². The predicted octanol–water partition coefficient (Wildman–Crippen LogP) is 2.25. The fraction of sp³-hybridized carbons (Fsp3) is 0.409. The number of carbonyl (C=O) groups is 1. The minimum absolute atomic E-state index is 0.000658. The third-order valence-corrected chi connectivity index (χ3v) is 5.71. The van der Waals surface area contributed by atoms with Crippen LogP contribution in [0.1, 0.15) is 11.1 Å². The van der Waals surface area contributed by atoms with Gasteiger partial charge in [0.15, 0.2) is 11.5 Å². The van der Waals surface area contributed by atoms with Crippen LogP contribution in [0, 0.1) is 0 Å². The topological polar surface area (TPSA) is 63.3 Å². The van der Waals surface area contributed by atoms with Gasteiger partial charge in [-0.2, -0.15) is 0 Å². The van der Waals surface area contributed by atoms with Gasteiger partial charge < -0.3 is 24.4 Å². The molecule has 0 saturated carbocycles. The second-order valence-electron chi connectivity index (χ2n) is 7.72. The molecule has 3 aliphatic rings. The van der Waals surface area contributed by atoms with Crippen molar-refractivity contribution in [2.45, 2.75) is 19.0 Å². The highest BCUT2D eigenvalue weighted by atomic mass is 16.7. The minimum Gasteiger partial charge on any atom is -0.491 e. The maximum atomic E-state index is 12.7. The van der Waals surface area contributed by atoms with E-state index >= 15 is 0 Å². The normalized spacial score (nSPS) is 20.7. The summed E-state index contributed by atoms with van der Waals surface area (Å²) >= 11 is 0. The molecule has 0 aliphatic carbocycles. The van der Waals surface area contributed by atoms with Crippen LogP contribution < -0.4 is 19.5 Å². The number of urea groups is 1. The van der Waals surface area contributed by atoms with Gasteiger partial charge in [0.25, 0.3) is 0 Å². The van der Waals surface area contributed by atoms with Gasteiger partial charge in [-0.15, -0.1) is 0 Å². The molecule has 1 fully saturated rings. The number of nitrogens with zero attached hydrogens (tertiary/aromatic N) is 2. The molecule has 7 heteroatoms. The van der Waals surface area contributed by atoms with E-state index in [9.17, 15) is 4.79 Å². The van der Waals surface area contributed by atoms with E-state index in [1.807, 2.05) is 35.2 Å². The molecule has 1 N–H and O–H groups in total. The molecule has 2 aromatic rings. The lowest BCUT2D eigenvalue weighted by molar-refractivity contribution is 0.129. The number of carbonyl (C=O) groups excluding carboxylic acids is 1. The maximum absolute atomic E-state index is 12.7. The quantitative estimate of drug-likeness (QED) is 0.864. The second-order valence-corrected chi connectivity index (χ2v) is 7.72. The highest BCUT2D eigenvalue weighted by molar-refractivity contribution is 5.74. The molecule has 0 unspecified atom stereocenters. The third kappa shape index (κ3) is 3.96. The molecule has 0 spiro atoms. The van der Waals surface area contributed by atoms with Crippen LogP contribution in [0.3, 0.4) is 0 Å². The van der Waals surface area contributed by atoms with Crippen LogP contribution in [0.25, 0.3) is 0 Å². The average Bonchev–Trinajstić information content (AvgIpc) is 3.22. The number of amides is 2. The van der Waals surface area contributed by atoms with Crippen LogP contribution in [-0.4, -0.2) is 61.5 Å². The van der Waals surface area contributed by atoms with E-state index in [1.165, 1.54) is 5.56 Å². The van der Waals surface area contributed by atoms with Crippen molar-refractivity contribution in [1.82, 2.24) is 15.1 Å². The molecule has 152 valence electrons. The summed E-state index contributed by atoms with van der Waals surface area (Å²) in [6, 6.07) is 14.1. The average molecular weight is 395 g/mol. The first-order chi connectivity index (χ1) is 14.2. The van der Waals surface area contributed by atoms with Crippen molar-refractivity contribution in [2.24, 2.45) is 0 Å². The summed E-state index contributed by atoms with van der Waals surface area (Å²) in [7, 11) is 0. The molecule has 2 aromatic carbocycles. The highest BCUT2D eigenvalue weighted by Crippen LogP contribution is 2.32. The third-order valence-electron chi connectivity index (χ3n) is 5.71. The van der Waals surface area contributed by atoms with Crippen molar-refractivity contribution in [3.8, 4) is 17.2 Å². The Balaban J connectivity index is 1.11. The lowest BCUT2D eigenvalue weighted by Crippen LogP contribution is -2.54. The van der Waals surface area contributed by atoms with E-state index in [1.54, 1.807) is 0 Å². The van der Waals surface area contributed by atoms with Gasteiger partial charge in [-0.3, -0.25) is 4.90 Å². The number of fused-ring (bicyclic) bond motifs is 2. The van der Waals surface area contributed by atoms with Gasteiger partial charge in [0.1, 0.15) is 12.4 Å². The largest absolute Gasteiger partial charge is 0.491 e. The molecule has 5 rings (SSSR count). The number of nitrogens with one attached hydrogen (secondary N) is 1. The fourth-order valence-electron chi connectivity index (χ4n) is 4.09. The number of ether oxygens (including phenoxy) is 3. The zero-order valence-electron chi connectivity index (χ0n) is 16.3. The van der Waals surface area contributed by atoms with E-state index in [0.29, 0.717) is 13.4 Å². The monoisotopic (exact) mass is 395 g/mol. The van der Waals surface area contributed by atoms with Gasteiger partial charge in [-0.25, -0.2) is 4.79 Å². The molecule has 1 atom stereocenters. The van der Waals surface area contributed by atoms with Crippen LogP contribution in [-0.2, 0) is 13.0 Å². The predicted molar refractivity (Wildman–Crippen MR) is 107 cm³/mol. The standard InChI is InChI=1S/C22H25N3O4/c26-22(23-18-12-17-3-1-2-4-19(17)27-14-18)25-9-7-24(8-10-25)13-16-5-6-20-21(11-16)29-15-28-20/h1-6,11,18H,7-10,12-15H2,(H,23,26)/t18-/m0/s1. The highest BCUT2D eigenvalue weighted by Gasteiger charge is 2.26. The first-order valence-corrected chi connectivity index (χ1v) is 10.1. The number of hydrogen-bond donors (Lipinski definition) is 1. The Hall–Kier alpha value is -2.93. The van der Waals surface area contributed by atoms with Gasteiger partial charge in [0, 0.05) is 32.7 Å². The van der Waals surface area contributed by atoms with E-state index in [4.69, 9.17) is 14.2 Å². The zero-order valence-corrected chi connectivity index (χ0v) is 16.3. The molecule has 0 aromatic heterocycles. The van der Waals surface area contributed by atoms with E-state index in [-0.39, 0.29) is 12.1 Å². The molecular formula is C22H25N3O4. The number of piperazine rings is 1. The Morgan fingerprint density at radius 3 is 2.69 bits per heavy atom. The number of benzene rings is 2. The Morgan fingerprint density at radius 1 is 0.966 bits per heavy atom. The first-order valence-electron chi connectivity index (χ1n) is 10.1. The van der Waals surface area contributed by atoms with Crippen LogP contribution in [0.2, 0.25) is 0 Å². The number of hydrogen-bond acceptors (Lipinski definition) is 5. The summed E-state index contributed by atoms with van der Waals surface area (Å²) in [4.78, 5) is 16.9. The van der Waals surface area contributed by atoms with Crippen molar-refractivity contribution < 1.29 is 19.0 Å². The molecule has 29 heavy (non-hydrogen) atoms. The summed E-state index contributed by atoms with van der Waals surface area (Å²) in [5.74, 6) is 2.55. The van der Waals surface area contributed by atoms with Gasteiger partial charge in [-0.1, -0.05) is 24.3 Å². The molecule has 0 bridgehead atoms. The summed E-state index contributed by atoms with van der Waals surface area (Å²) in [6.07, 6.45) is 0.812. The summed E-state index contributed by atoms with van der Waals surface area (Å²) in [5.41, 5.74) is 2.35. The Bertz CT molecular complexity index is 895. The van der Waals surface area contributed by atoms with Crippen LogP contribution in [0.15, 0.2) is 42.5 Å².